The molecule has 1 N–H and O–H groups in total. The molecular formula is C15H11FN2O3S. The molecule has 0 radical (unpaired) electrons. The van der Waals surface area contributed by atoms with Gasteiger partial charge in [-0.05, 0) is 24.3 Å². The Hall–Kier alpha value is -2.51. The lowest BCUT2D eigenvalue weighted by molar-refractivity contribution is -0.116. The van der Waals surface area contributed by atoms with Gasteiger partial charge >= 0.3 is 5.56 Å². The van der Waals surface area contributed by atoms with Gasteiger partial charge in [0.15, 0.2) is 6.54 Å². The molecule has 0 fully saturated rings. The minimum atomic E-state index is -1.87. The molecule has 7 heteroatoms. The van der Waals surface area contributed by atoms with Crippen molar-refractivity contribution in [1.29, 1.82) is 0 Å². The van der Waals surface area contributed by atoms with Gasteiger partial charge < -0.3 is 9.87 Å². The number of benzene rings is 2. The highest BCUT2D eigenvalue weighted by Gasteiger charge is 2.20. The van der Waals surface area contributed by atoms with E-state index in [0.717, 1.165) is 16.1 Å². The Morgan fingerprint density at radius 1 is 1.23 bits per heavy atom. The monoisotopic (exact) mass is 318 g/mol. The highest BCUT2D eigenvalue weighted by Crippen LogP contribution is 2.25. The molecule has 2 aromatic carbocycles. The van der Waals surface area contributed by atoms with E-state index in [2.05, 4.69) is 5.32 Å². The van der Waals surface area contributed by atoms with Crippen molar-refractivity contribution < 1.29 is 13.7 Å². The lowest BCUT2D eigenvalue weighted by atomic mass is 10.3. The molecular weight excluding hydrogens is 307 g/mol. The maximum Gasteiger partial charge on any atom is 0.304 e. The summed E-state index contributed by atoms with van der Waals surface area (Å²) in [5, 5.41) is 2.77. The second-order valence-electron chi connectivity index (χ2n) is 4.65. The minimum Gasteiger partial charge on any atom is -0.570 e. The van der Waals surface area contributed by atoms with Crippen LogP contribution in [0.4, 0.5) is 10.1 Å². The zero-order valence-electron chi connectivity index (χ0n) is 11.3. The van der Waals surface area contributed by atoms with E-state index in [9.17, 15) is 18.5 Å². The molecule has 3 aromatic rings. The number of nitrogens with one attached hydrogen (secondary N) is 1. The third-order valence-corrected chi connectivity index (χ3v) is 4.54. The van der Waals surface area contributed by atoms with Gasteiger partial charge in [-0.25, -0.2) is 4.39 Å². The lowest BCUT2D eigenvalue weighted by Gasteiger charge is -2.04. The summed E-state index contributed by atoms with van der Waals surface area (Å²) in [4.78, 5) is 24.1. The third-order valence-electron chi connectivity index (χ3n) is 3.13. The first-order chi connectivity index (χ1) is 10.6. The normalized spacial score (nSPS) is 11.6. The van der Waals surface area contributed by atoms with E-state index in [0.29, 0.717) is 5.69 Å². The predicted octanol–water partition coefficient (Wildman–Crippen LogP) is 2.51. The fourth-order valence-corrected chi connectivity index (χ4v) is 3.41. The van der Waals surface area contributed by atoms with Crippen molar-refractivity contribution in [1.82, 2.24) is 3.96 Å². The molecule has 1 aromatic heterocycles. The molecule has 112 valence electrons. The van der Waals surface area contributed by atoms with Gasteiger partial charge in [0.05, 0.1) is 0 Å². The second kappa shape index (κ2) is 5.70. The zero-order chi connectivity index (χ0) is 15.7. The number of anilines is 1. The van der Waals surface area contributed by atoms with Gasteiger partial charge in [-0.1, -0.05) is 18.2 Å². The van der Waals surface area contributed by atoms with E-state index in [1.165, 1.54) is 6.07 Å². The summed E-state index contributed by atoms with van der Waals surface area (Å²) < 4.78 is 26.4. The smallest absolute Gasteiger partial charge is 0.304 e. The van der Waals surface area contributed by atoms with Crippen LogP contribution >= 0.6 is 10.9 Å². The maximum absolute atomic E-state index is 13.2. The lowest BCUT2D eigenvalue weighted by Crippen LogP contribution is -2.24. The average molecular weight is 318 g/mol. The largest absolute Gasteiger partial charge is 0.570 e. The molecule has 22 heavy (non-hydrogen) atoms. The number of carbonyl (C=O) groups is 1. The molecule has 1 amide bonds. The fourth-order valence-electron chi connectivity index (χ4n) is 2.13. The van der Waals surface area contributed by atoms with E-state index < -0.39 is 28.2 Å². The molecule has 0 spiro atoms. The summed E-state index contributed by atoms with van der Waals surface area (Å²) in [6.45, 7) is -0.364. The Morgan fingerprint density at radius 3 is 2.68 bits per heavy atom. The number of nitrogens with zero attached hydrogens (tertiary/aromatic N) is 1. The van der Waals surface area contributed by atoms with Gasteiger partial charge in [-0.3, -0.25) is 9.59 Å². The minimum absolute atomic E-state index is 0.0949. The third kappa shape index (κ3) is 2.63. The molecule has 3 rings (SSSR count). The van der Waals surface area contributed by atoms with Crippen LogP contribution in [0.3, 0.4) is 0 Å². The summed E-state index contributed by atoms with van der Waals surface area (Å²) in [7, 11) is -1.87. The number of hydrogen-bond acceptors (Lipinski definition) is 3. The number of aromatic nitrogens is 1. The maximum atomic E-state index is 13.2. The number of amides is 1. The van der Waals surface area contributed by atoms with E-state index in [-0.39, 0.29) is 16.6 Å². The van der Waals surface area contributed by atoms with Gasteiger partial charge in [-0.2, -0.15) is 0 Å². The number of fused-ring (bicyclic) bond motifs is 1. The molecule has 1 unspecified atom stereocenters. The SMILES string of the molecule is O=C(Cn1c(=O)c2ccc(F)cc2[s+]1[O-])Nc1ccccc1. The first-order valence-electron chi connectivity index (χ1n) is 6.44. The number of rotatable bonds is 3. The molecule has 0 saturated heterocycles. The average Bonchev–Trinajstić information content (AvgIpc) is 2.73. The van der Waals surface area contributed by atoms with Crippen LogP contribution in [0.25, 0.3) is 10.1 Å². The number of carbonyl (C=O) groups excluding carboxylic acids is 1. The summed E-state index contributed by atoms with van der Waals surface area (Å²) in [6.07, 6.45) is 0. The molecule has 0 saturated carbocycles. The van der Waals surface area contributed by atoms with Gasteiger partial charge in [0, 0.05) is 22.7 Å². The number of para-hydroxylation sites is 1. The Balaban J connectivity index is 1.91. The van der Waals surface area contributed by atoms with Gasteiger partial charge in [0.2, 0.25) is 10.6 Å². The van der Waals surface area contributed by atoms with E-state index >= 15 is 0 Å². The summed E-state index contributed by atoms with van der Waals surface area (Å²) in [6, 6.07) is 12.2. The van der Waals surface area contributed by atoms with E-state index in [4.69, 9.17) is 0 Å². The summed E-state index contributed by atoms with van der Waals surface area (Å²) >= 11 is 0. The quantitative estimate of drug-likeness (QED) is 0.754. The highest BCUT2D eigenvalue weighted by atomic mass is 32.2. The van der Waals surface area contributed by atoms with E-state index in [1.54, 1.807) is 30.3 Å². The van der Waals surface area contributed by atoms with Crippen molar-refractivity contribution in [3.05, 3.63) is 64.7 Å². The Morgan fingerprint density at radius 2 is 1.95 bits per heavy atom. The standard InChI is InChI=1S/C15H11FN2O3S/c16-10-6-7-12-13(8-10)22(21)18(15(12)20)9-14(19)17-11-4-2-1-3-5-11/h1-8H,9H2,(H,17,19). The number of hydrogen-bond donors (Lipinski definition) is 1. The molecule has 1 atom stereocenters. The summed E-state index contributed by atoms with van der Waals surface area (Å²) in [5.74, 6) is -1.04. The predicted molar refractivity (Wildman–Crippen MR) is 81.9 cm³/mol. The molecule has 0 aliphatic heterocycles. The van der Waals surface area contributed by atoms with Crippen molar-refractivity contribution in [2.24, 2.45) is 0 Å². The Labute approximate surface area is 127 Å². The molecule has 0 aliphatic rings. The first-order valence-corrected chi connectivity index (χ1v) is 7.55. The van der Waals surface area contributed by atoms with Crippen molar-refractivity contribution in [2.75, 3.05) is 5.32 Å². The molecule has 5 nitrogen and oxygen atoms in total. The van der Waals surface area contributed by atoms with Crippen molar-refractivity contribution in [3.8, 4) is 0 Å². The van der Waals surface area contributed by atoms with Gasteiger partial charge in [-0.15, -0.1) is 3.96 Å². The van der Waals surface area contributed by atoms with Crippen LogP contribution in [0.5, 0.6) is 0 Å². The second-order valence-corrected chi connectivity index (χ2v) is 6.02. The van der Waals surface area contributed by atoms with E-state index in [1.807, 2.05) is 0 Å². The fraction of sp³-hybridized carbons (Fsp3) is 0.0667. The summed E-state index contributed by atoms with van der Waals surface area (Å²) in [5.41, 5.74) is 0.0324. The van der Waals surface area contributed by atoms with Gasteiger partial charge in [0.1, 0.15) is 11.2 Å². The van der Waals surface area contributed by atoms with Gasteiger partial charge in [0.25, 0.3) is 0 Å². The first kappa shape index (κ1) is 14.4. The van der Waals surface area contributed by atoms with Crippen molar-refractivity contribution in [3.63, 3.8) is 0 Å². The van der Waals surface area contributed by atoms with Crippen LogP contribution in [0.1, 0.15) is 0 Å². The molecule has 0 bridgehead atoms. The van der Waals surface area contributed by atoms with Crippen LogP contribution < -0.4 is 10.9 Å². The molecule has 1 heterocycles. The Bertz CT molecular complexity index is 902. The van der Waals surface area contributed by atoms with Crippen LogP contribution in [-0.4, -0.2) is 14.4 Å². The molecule has 0 aliphatic carbocycles. The van der Waals surface area contributed by atoms with Crippen LogP contribution in [0.15, 0.2) is 53.3 Å². The number of halogens is 1. The topological polar surface area (TPSA) is 74.2 Å². The van der Waals surface area contributed by atoms with Crippen LogP contribution in [0, 0.1) is 5.82 Å². The van der Waals surface area contributed by atoms with Crippen molar-refractivity contribution >= 4 is 32.6 Å². The highest BCUT2D eigenvalue weighted by molar-refractivity contribution is 7.27. The van der Waals surface area contributed by atoms with Crippen LogP contribution in [-0.2, 0) is 11.3 Å². The van der Waals surface area contributed by atoms with Crippen molar-refractivity contribution in [2.45, 2.75) is 6.54 Å². The van der Waals surface area contributed by atoms with Crippen LogP contribution in [0.2, 0.25) is 0 Å². The Kier molecular flexibility index (Phi) is 3.74. The zero-order valence-corrected chi connectivity index (χ0v) is 12.1.